The summed E-state index contributed by atoms with van der Waals surface area (Å²) in [5.74, 6) is 3.64. The van der Waals surface area contributed by atoms with Crippen LogP contribution in [0, 0.1) is 0 Å². The fourth-order valence-electron chi connectivity index (χ4n) is 6.64. The zero-order valence-corrected chi connectivity index (χ0v) is 33.5. The van der Waals surface area contributed by atoms with E-state index in [9.17, 15) is 4.79 Å². The molecule has 0 N–H and O–H groups in total. The molecule has 1 aliphatic heterocycles. The molecule has 1 saturated heterocycles. The maximum atomic E-state index is 13.2. The van der Waals surface area contributed by atoms with Crippen molar-refractivity contribution < 1.29 is 38.0 Å². The number of carbonyl (C=O) groups excluding carboxylic acids is 1. The summed E-state index contributed by atoms with van der Waals surface area (Å²) in [6.45, 7) is 9.72. The van der Waals surface area contributed by atoms with E-state index >= 15 is 0 Å². The van der Waals surface area contributed by atoms with Crippen molar-refractivity contribution in [1.29, 1.82) is 0 Å². The molecule has 0 bridgehead atoms. The van der Waals surface area contributed by atoms with Crippen LogP contribution in [-0.2, 0) is 0 Å². The van der Waals surface area contributed by atoms with Crippen LogP contribution in [0.1, 0.15) is 36.7 Å². The van der Waals surface area contributed by atoms with Crippen LogP contribution in [0.3, 0.4) is 0 Å². The van der Waals surface area contributed by atoms with E-state index in [1.54, 1.807) is 43.8 Å². The minimum atomic E-state index is -0.212. The van der Waals surface area contributed by atoms with Crippen molar-refractivity contribution in [2.75, 3.05) is 61.7 Å². The molecule has 6 rings (SSSR count). The number of methoxy groups -OCH3 is 5. The smallest absolute Gasteiger partial charge is 0.203 e. The molecule has 0 radical (unpaired) electrons. The van der Waals surface area contributed by atoms with E-state index < -0.39 is 0 Å². The van der Waals surface area contributed by atoms with Crippen LogP contribution in [0.2, 0.25) is 0 Å². The predicted molar refractivity (Wildman–Crippen MR) is 217 cm³/mol. The molecule has 1 aliphatic rings. The lowest BCUT2D eigenvalue weighted by atomic mass is 10.1. The Morgan fingerprint density at radius 1 is 0.691 bits per heavy atom. The first-order valence-electron chi connectivity index (χ1n) is 18.2. The third-order valence-electron chi connectivity index (χ3n) is 10.00. The lowest BCUT2D eigenvalue weighted by Crippen LogP contribution is -2.55. The van der Waals surface area contributed by atoms with Gasteiger partial charge in [0.25, 0.3) is 0 Å². The minimum Gasteiger partial charge on any atom is -0.493 e. The van der Waals surface area contributed by atoms with Gasteiger partial charge in [-0.1, -0.05) is 24.3 Å². The van der Waals surface area contributed by atoms with Gasteiger partial charge in [0.15, 0.2) is 40.3 Å². The van der Waals surface area contributed by atoms with Gasteiger partial charge in [0.05, 0.1) is 45.8 Å². The molecule has 0 amide bonds. The summed E-state index contributed by atoms with van der Waals surface area (Å²) >= 11 is 1.67. The number of aromatic nitrogens is 1. The van der Waals surface area contributed by atoms with Gasteiger partial charge in [-0.2, -0.15) is 0 Å². The quantitative estimate of drug-likeness (QED) is 0.0720. The second-order valence-electron chi connectivity index (χ2n) is 13.2. The molecule has 11 nitrogen and oxygen atoms in total. The number of thiazole rings is 1. The summed E-state index contributed by atoms with van der Waals surface area (Å²) in [4.78, 5) is 22.8. The maximum absolute atomic E-state index is 13.2. The van der Waals surface area contributed by atoms with E-state index in [0.717, 1.165) is 52.5 Å². The SMILES string of the molecule is COc1ccc(C=CC(=O)c2cc(OC)c(OC)c(OC)c2)cc1OC(C)C(C)N1CCN(C(C)Oc2cc(-c3nc4ccccc4s3)ccc2OC)CC1. The van der Waals surface area contributed by atoms with Crippen molar-refractivity contribution in [1.82, 2.24) is 14.8 Å². The summed E-state index contributed by atoms with van der Waals surface area (Å²) in [6.07, 6.45) is 2.95. The van der Waals surface area contributed by atoms with Crippen molar-refractivity contribution in [2.24, 2.45) is 0 Å². The highest BCUT2D eigenvalue weighted by Crippen LogP contribution is 2.39. The Labute approximate surface area is 326 Å². The van der Waals surface area contributed by atoms with Gasteiger partial charge in [-0.15, -0.1) is 11.3 Å². The first-order chi connectivity index (χ1) is 26.7. The zero-order chi connectivity index (χ0) is 39.1. The van der Waals surface area contributed by atoms with Crippen molar-refractivity contribution >= 4 is 33.4 Å². The number of piperazine rings is 1. The Balaban J connectivity index is 1.06. The molecular weight excluding hydrogens is 719 g/mol. The van der Waals surface area contributed by atoms with Gasteiger partial charge in [0.1, 0.15) is 17.3 Å². The Morgan fingerprint density at radius 2 is 1.31 bits per heavy atom. The van der Waals surface area contributed by atoms with Gasteiger partial charge in [-0.05, 0) is 87.0 Å². The van der Waals surface area contributed by atoms with E-state index in [-0.39, 0.29) is 24.2 Å². The van der Waals surface area contributed by atoms with Crippen molar-refractivity contribution in [3.05, 3.63) is 90.0 Å². The van der Waals surface area contributed by atoms with Crippen LogP contribution < -0.4 is 33.2 Å². The number of carbonyl (C=O) groups is 1. The normalized spacial score (nSPS) is 15.3. The van der Waals surface area contributed by atoms with Crippen LogP contribution in [0.25, 0.3) is 26.9 Å². The Bertz CT molecular complexity index is 2070. The number of hydrogen-bond donors (Lipinski definition) is 0. The molecule has 55 heavy (non-hydrogen) atoms. The number of ether oxygens (including phenoxy) is 7. The largest absolute Gasteiger partial charge is 0.493 e. The van der Waals surface area contributed by atoms with Crippen LogP contribution in [0.4, 0.5) is 0 Å². The summed E-state index contributed by atoms with van der Waals surface area (Å²) in [5, 5.41) is 0.948. The molecule has 3 unspecified atom stereocenters. The molecule has 0 saturated carbocycles. The zero-order valence-electron chi connectivity index (χ0n) is 32.7. The van der Waals surface area contributed by atoms with Crippen molar-refractivity contribution in [2.45, 2.75) is 39.1 Å². The number of ketones is 1. The van der Waals surface area contributed by atoms with Crippen molar-refractivity contribution in [3.8, 4) is 50.8 Å². The molecule has 3 atom stereocenters. The Kier molecular flexibility index (Phi) is 12.8. The van der Waals surface area contributed by atoms with Gasteiger partial charge in [0.2, 0.25) is 5.75 Å². The van der Waals surface area contributed by atoms with E-state index in [0.29, 0.717) is 45.8 Å². The molecule has 0 aliphatic carbocycles. The second-order valence-corrected chi connectivity index (χ2v) is 14.3. The van der Waals surface area contributed by atoms with E-state index in [2.05, 4.69) is 36.6 Å². The highest BCUT2D eigenvalue weighted by molar-refractivity contribution is 7.21. The number of benzene rings is 4. The van der Waals surface area contributed by atoms with Crippen LogP contribution in [-0.4, -0.2) is 101 Å². The van der Waals surface area contributed by atoms with Crippen molar-refractivity contribution in [3.63, 3.8) is 0 Å². The lowest BCUT2D eigenvalue weighted by Gasteiger charge is -2.41. The van der Waals surface area contributed by atoms with Crippen LogP contribution >= 0.6 is 11.3 Å². The highest BCUT2D eigenvalue weighted by atomic mass is 32.1. The second kappa shape index (κ2) is 17.9. The number of allylic oxidation sites excluding steroid dienone is 1. The standard InChI is InChI=1S/C43H49N3O8S/c1-27(28(2)53-37-23-30(14-17-35(37)48-4)13-16-34(47)32-25-39(50-6)42(52-8)40(26-32)51-7)45-19-21-46(22-20-45)29(3)54-38-24-31(15-18-36(38)49-5)43-44-33-11-9-10-12-41(33)55-43/h9-18,23-29H,19-22H2,1-8H3. The summed E-state index contributed by atoms with van der Waals surface area (Å²) in [7, 11) is 7.84. The fraction of sp³-hybridized carbons (Fsp3) is 0.349. The van der Waals surface area contributed by atoms with E-state index in [4.69, 9.17) is 38.1 Å². The number of para-hydroxylation sites is 1. The third kappa shape index (κ3) is 8.99. The molecule has 1 aromatic heterocycles. The van der Waals surface area contributed by atoms with Crippen LogP contribution in [0.15, 0.2) is 78.9 Å². The average molecular weight is 768 g/mol. The first-order valence-corrected chi connectivity index (χ1v) is 19.0. The van der Waals surface area contributed by atoms with Gasteiger partial charge >= 0.3 is 0 Å². The maximum Gasteiger partial charge on any atom is 0.203 e. The molecule has 12 heteroatoms. The average Bonchev–Trinajstić information content (AvgIpc) is 3.66. The number of fused-ring (bicyclic) bond motifs is 1. The third-order valence-corrected chi connectivity index (χ3v) is 11.1. The number of rotatable bonds is 16. The number of nitrogens with zero attached hydrogens (tertiary/aromatic N) is 3. The molecule has 4 aromatic carbocycles. The molecule has 5 aromatic rings. The fourth-order valence-corrected chi connectivity index (χ4v) is 7.60. The van der Waals surface area contributed by atoms with Crippen LogP contribution in [0.5, 0.6) is 40.2 Å². The summed E-state index contributed by atoms with van der Waals surface area (Å²) < 4.78 is 41.7. The Morgan fingerprint density at radius 3 is 1.95 bits per heavy atom. The van der Waals surface area contributed by atoms with Gasteiger partial charge < -0.3 is 33.2 Å². The molecule has 290 valence electrons. The minimum absolute atomic E-state index is 0.120. The molecule has 1 fully saturated rings. The lowest BCUT2D eigenvalue weighted by molar-refractivity contribution is -0.0186. The highest BCUT2D eigenvalue weighted by Gasteiger charge is 2.29. The summed E-state index contributed by atoms with van der Waals surface area (Å²) in [6, 6.07) is 23.2. The monoisotopic (exact) mass is 767 g/mol. The summed E-state index contributed by atoms with van der Waals surface area (Å²) in [5.41, 5.74) is 3.19. The number of hydrogen-bond acceptors (Lipinski definition) is 12. The molecular formula is C43H49N3O8S. The topological polar surface area (TPSA) is 101 Å². The Hall–Kier alpha value is -5.30. The molecule has 2 heterocycles. The van der Waals surface area contributed by atoms with Gasteiger partial charge in [-0.3, -0.25) is 14.6 Å². The first kappa shape index (κ1) is 39.4. The van der Waals surface area contributed by atoms with E-state index in [1.807, 2.05) is 54.6 Å². The van der Waals surface area contributed by atoms with Gasteiger partial charge in [0, 0.05) is 43.3 Å². The van der Waals surface area contributed by atoms with E-state index in [1.165, 1.54) is 27.4 Å². The molecule has 0 spiro atoms. The van der Waals surface area contributed by atoms with Gasteiger partial charge in [-0.25, -0.2) is 4.98 Å². The predicted octanol–water partition coefficient (Wildman–Crippen LogP) is 8.10.